The van der Waals surface area contributed by atoms with Gasteiger partial charge in [0.05, 0.1) is 0 Å². The van der Waals surface area contributed by atoms with E-state index in [0.29, 0.717) is 0 Å². The van der Waals surface area contributed by atoms with Gasteiger partial charge in [-0.1, -0.05) is 58.4 Å². The molecule has 0 unspecified atom stereocenters. The van der Waals surface area contributed by atoms with E-state index in [1.165, 1.54) is 53.5 Å². The van der Waals surface area contributed by atoms with Crippen molar-refractivity contribution >= 4 is 0 Å². The summed E-state index contributed by atoms with van der Waals surface area (Å²) >= 11 is 0. The summed E-state index contributed by atoms with van der Waals surface area (Å²) in [6, 6.07) is 9.92. The molecule has 0 radical (unpaired) electrons. The van der Waals surface area contributed by atoms with Gasteiger partial charge in [0, 0.05) is 0 Å². The highest BCUT2D eigenvalue weighted by Gasteiger charge is 2.29. The van der Waals surface area contributed by atoms with Gasteiger partial charge in [0.25, 0.3) is 0 Å². The molecule has 0 aromatic heterocycles. The molecule has 128 valence electrons. The Morgan fingerprint density at radius 3 is 2.21 bits per heavy atom. The molecule has 0 heterocycles. The van der Waals surface area contributed by atoms with E-state index in [0.717, 1.165) is 6.42 Å². The van der Waals surface area contributed by atoms with Gasteiger partial charge in [0.2, 0.25) is 0 Å². The Hall–Kier alpha value is -1.56. The van der Waals surface area contributed by atoms with Crippen LogP contribution in [0, 0.1) is 13.8 Å². The van der Waals surface area contributed by atoms with Gasteiger partial charge in [-0.15, -0.1) is 0 Å². The normalized spacial score (nSPS) is 15.6. The lowest BCUT2D eigenvalue weighted by Crippen LogP contribution is -2.18. The molecule has 0 heteroatoms. The molecule has 0 atom stereocenters. The van der Waals surface area contributed by atoms with E-state index in [-0.39, 0.29) is 5.41 Å². The van der Waals surface area contributed by atoms with Gasteiger partial charge in [-0.25, -0.2) is 0 Å². The lowest BCUT2D eigenvalue weighted by atomic mass is 9.77. The summed E-state index contributed by atoms with van der Waals surface area (Å²) in [5, 5.41) is 0. The van der Waals surface area contributed by atoms with Gasteiger partial charge >= 0.3 is 0 Å². The quantitative estimate of drug-likeness (QED) is 0.589. The van der Waals surface area contributed by atoms with Gasteiger partial charge in [-0.05, 0) is 89.5 Å². The van der Waals surface area contributed by atoms with Crippen LogP contribution in [0.15, 0.2) is 24.3 Å². The summed E-state index contributed by atoms with van der Waals surface area (Å²) in [4.78, 5) is 0. The van der Waals surface area contributed by atoms with Crippen LogP contribution in [0.25, 0.3) is 11.1 Å². The van der Waals surface area contributed by atoms with Crippen molar-refractivity contribution in [2.45, 2.75) is 79.1 Å². The van der Waals surface area contributed by atoms with Crippen molar-refractivity contribution in [2.24, 2.45) is 0 Å². The summed E-state index contributed by atoms with van der Waals surface area (Å²) in [7, 11) is 0. The van der Waals surface area contributed by atoms with Crippen molar-refractivity contribution in [1.29, 1.82) is 0 Å². The smallest absolute Gasteiger partial charge is 0.00941 e. The Labute approximate surface area is 148 Å². The van der Waals surface area contributed by atoms with Gasteiger partial charge in [0.15, 0.2) is 0 Å². The fraction of sp³-hybridized carbons (Fsp3) is 0.500. The minimum atomic E-state index is 0.241. The van der Waals surface area contributed by atoms with Crippen molar-refractivity contribution < 1.29 is 0 Å². The maximum absolute atomic E-state index is 2.50. The van der Waals surface area contributed by atoms with Crippen LogP contribution in [0.1, 0.15) is 73.9 Å². The van der Waals surface area contributed by atoms with Crippen LogP contribution in [0.3, 0.4) is 0 Å². The lowest BCUT2D eigenvalue weighted by molar-refractivity contribution is 0.485. The zero-order valence-corrected chi connectivity index (χ0v) is 16.3. The molecule has 3 rings (SSSR count). The van der Waals surface area contributed by atoms with E-state index in [4.69, 9.17) is 0 Å². The fourth-order valence-corrected chi connectivity index (χ4v) is 4.30. The zero-order chi connectivity index (χ0) is 17.5. The second-order valence-electron chi connectivity index (χ2n) is 8.25. The average Bonchev–Trinajstić information content (AvgIpc) is 2.63. The van der Waals surface area contributed by atoms with E-state index in [1.54, 1.807) is 16.7 Å². The number of fused-ring (bicyclic) bond motifs is 3. The molecule has 0 spiro atoms. The highest BCUT2D eigenvalue weighted by molar-refractivity contribution is 5.75. The van der Waals surface area contributed by atoms with Gasteiger partial charge < -0.3 is 0 Å². The van der Waals surface area contributed by atoms with Crippen LogP contribution in [0.2, 0.25) is 0 Å². The number of rotatable bonds is 3. The molecule has 0 saturated heterocycles. The Morgan fingerprint density at radius 2 is 1.54 bits per heavy atom. The minimum absolute atomic E-state index is 0.241. The highest BCUT2D eigenvalue weighted by Crippen LogP contribution is 2.43. The first-order chi connectivity index (χ1) is 11.4. The second-order valence-corrected chi connectivity index (χ2v) is 8.25. The molecule has 0 nitrogen and oxygen atoms in total. The largest absolute Gasteiger partial charge is 0.0651 e. The molecule has 0 amide bonds. The van der Waals surface area contributed by atoms with Crippen molar-refractivity contribution in [1.82, 2.24) is 0 Å². The molecule has 0 saturated carbocycles. The number of hydrogen-bond acceptors (Lipinski definition) is 0. The van der Waals surface area contributed by atoms with Gasteiger partial charge in [-0.3, -0.25) is 0 Å². The molecule has 24 heavy (non-hydrogen) atoms. The van der Waals surface area contributed by atoms with E-state index in [2.05, 4.69) is 65.8 Å². The van der Waals surface area contributed by atoms with Crippen LogP contribution in [0.5, 0.6) is 0 Å². The van der Waals surface area contributed by atoms with E-state index in [9.17, 15) is 0 Å². The summed E-state index contributed by atoms with van der Waals surface area (Å²) in [5.74, 6) is 0. The molecule has 2 aromatic rings. The topological polar surface area (TPSA) is 0 Å². The van der Waals surface area contributed by atoms with Crippen LogP contribution < -0.4 is 0 Å². The van der Waals surface area contributed by atoms with Gasteiger partial charge in [-0.2, -0.15) is 0 Å². The molecular formula is C24H32. The fourth-order valence-electron chi connectivity index (χ4n) is 4.30. The van der Waals surface area contributed by atoms with Gasteiger partial charge in [0.1, 0.15) is 0 Å². The summed E-state index contributed by atoms with van der Waals surface area (Å²) in [6.45, 7) is 14.0. The van der Waals surface area contributed by atoms with E-state index in [1.807, 2.05) is 0 Å². The Balaban J connectivity index is 2.27. The van der Waals surface area contributed by atoms with Crippen LogP contribution >= 0.6 is 0 Å². The first kappa shape index (κ1) is 17.3. The van der Waals surface area contributed by atoms with Crippen molar-refractivity contribution in [3.63, 3.8) is 0 Å². The lowest BCUT2D eigenvalue weighted by Gasteiger charge is -2.27. The van der Waals surface area contributed by atoms with E-state index < -0.39 is 0 Å². The SMILES string of the molecule is CCCc1cc2c(cc1C)-c1cc(C)c(CC)cc1C(C)(C)CC2. The minimum Gasteiger partial charge on any atom is -0.0651 e. The first-order valence-corrected chi connectivity index (χ1v) is 9.64. The molecule has 0 fully saturated rings. The number of aryl methyl sites for hydroxylation is 5. The predicted octanol–water partition coefficient (Wildman–Crippen LogP) is 6.71. The summed E-state index contributed by atoms with van der Waals surface area (Å²) in [6.07, 6.45) is 5.96. The monoisotopic (exact) mass is 320 g/mol. The highest BCUT2D eigenvalue weighted by atomic mass is 14.3. The van der Waals surface area contributed by atoms with Crippen LogP contribution in [0.4, 0.5) is 0 Å². The maximum Gasteiger partial charge on any atom is -0.00941 e. The molecule has 0 bridgehead atoms. The molecular weight excluding hydrogens is 288 g/mol. The maximum atomic E-state index is 2.50. The molecule has 1 aliphatic rings. The molecule has 0 aliphatic heterocycles. The van der Waals surface area contributed by atoms with Crippen LogP contribution in [-0.4, -0.2) is 0 Å². The summed E-state index contributed by atoms with van der Waals surface area (Å²) < 4.78 is 0. The zero-order valence-electron chi connectivity index (χ0n) is 16.3. The molecule has 1 aliphatic carbocycles. The van der Waals surface area contributed by atoms with Crippen LogP contribution in [-0.2, 0) is 24.7 Å². The third kappa shape index (κ3) is 2.92. The predicted molar refractivity (Wildman–Crippen MR) is 106 cm³/mol. The Bertz CT molecular complexity index is 762. The average molecular weight is 321 g/mol. The second kappa shape index (κ2) is 6.39. The number of benzene rings is 2. The molecule has 2 aromatic carbocycles. The standard InChI is InChI=1S/C24H32/c1-7-9-19-14-20-10-11-24(5,6)23-15-18(8-2)16(3)13-22(23)21(20)12-17(19)4/h12-15H,7-11H2,1-6H3. The van der Waals surface area contributed by atoms with Crippen molar-refractivity contribution in [2.75, 3.05) is 0 Å². The third-order valence-corrected chi connectivity index (χ3v) is 5.98. The van der Waals surface area contributed by atoms with E-state index >= 15 is 0 Å². The van der Waals surface area contributed by atoms with Crippen molar-refractivity contribution in [3.8, 4) is 11.1 Å². The van der Waals surface area contributed by atoms with Crippen molar-refractivity contribution in [3.05, 3.63) is 57.6 Å². The summed E-state index contributed by atoms with van der Waals surface area (Å²) in [5.41, 5.74) is 12.3. The molecule has 0 N–H and O–H groups in total. The first-order valence-electron chi connectivity index (χ1n) is 9.64. The Kier molecular flexibility index (Phi) is 4.60. The number of hydrogen-bond donors (Lipinski definition) is 0. The Morgan fingerprint density at radius 1 is 0.875 bits per heavy atom. The third-order valence-electron chi connectivity index (χ3n) is 5.98.